The topological polar surface area (TPSA) is 28.2 Å². The summed E-state index contributed by atoms with van der Waals surface area (Å²) in [6, 6.07) is 4.39. The van der Waals surface area contributed by atoms with Crippen LogP contribution in [0, 0.1) is 5.41 Å². The summed E-state index contributed by atoms with van der Waals surface area (Å²) in [5, 5.41) is 3.34. The van der Waals surface area contributed by atoms with Crippen molar-refractivity contribution in [2.24, 2.45) is 5.41 Å². The van der Waals surface area contributed by atoms with E-state index < -0.39 is 0 Å². The van der Waals surface area contributed by atoms with Gasteiger partial charge in [-0.15, -0.1) is 0 Å². The molecule has 1 fully saturated rings. The standard InChI is InChI=1S/C16H27N3/c1-4-16(5-2)8-10-19(13-16)15-7-9-18-14(11-15)12-17-6-3/h7,9,11,17H,4-6,8,10,12-13H2,1-3H3. The molecule has 0 saturated carbocycles. The van der Waals surface area contributed by atoms with Crippen LogP contribution in [0.5, 0.6) is 0 Å². The van der Waals surface area contributed by atoms with E-state index >= 15 is 0 Å². The van der Waals surface area contributed by atoms with E-state index in [1.54, 1.807) is 0 Å². The smallest absolute Gasteiger partial charge is 0.0562 e. The van der Waals surface area contributed by atoms with Crippen molar-refractivity contribution in [3.8, 4) is 0 Å². The predicted octanol–water partition coefficient (Wildman–Crippen LogP) is 3.21. The third kappa shape index (κ3) is 3.27. The molecule has 2 heterocycles. The molecule has 0 radical (unpaired) electrons. The Morgan fingerprint density at radius 1 is 1.32 bits per heavy atom. The summed E-state index contributed by atoms with van der Waals surface area (Å²) in [5.41, 5.74) is 3.02. The van der Waals surface area contributed by atoms with Gasteiger partial charge in [-0.1, -0.05) is 20.8 Å². The van der Waals surface area contributed by atoms with Crippen molar-refractivity contribution < 1.29 is 0 Å². The van der Waals surface area contributed by atoms with Gasteiger partial charge in [0.15, 0.2) is 0 Å². The summed E-state index contributed by atoms with van der Waals surface area (Å²) in [5.74, 6) is 0. The first kappa shape index (κ1) is 14.3. The van der Waals surface area contributed by atoms with Crippen LogP contribution in [0.3, 0.4) is 0 Å². The minimum Gasteiger partial charge on any atom is -0.371 e. The molecule has 1 aliphatic rings. The van der Waals surface area contributed by atoms with Gasteiger partial charge in [0.05, 0.1) is 5.69 Å². The lowest BCUT2D eigenvalue weighted by molar-refractivity contribution is 0.301. The molecule has 0 aromatic carbocycles. The van der Waals surface area contributed by atoms with Crippen LogP contribution in [0.1, 0.15) is 45.7 Å². The molecule has 1 aliphatic heterocycles. The van der Waals surface area contributed by atoms with Gasteiger partial charge in [-0.25, -0.2) is 0 Å². The van der Waals surface area contributed by atoms with E-state index in [9.17, 15) is 0 Å². The maximum Gasteiger partial charge on any atom is 0.0562 e. The first-order valence-corrected chi connectivity index (χ1v) is 7.63. The Bertz CT molecular complexity index is 399. The number of aromatic nitrogens is 1. The number of nitrogens with one attached hydrogen (secondary N) is 1. The van der Waals surface area contributed by atoms with Crippen LogP contribution in [0.25, 0.3) is 0 Å². The Morgan fingerprint density at radius 3 is 2.74 bits per heavy atom. The average molecular weight is 261 g/mol. The van der Waals surface area contributed by atoms with Crippen molar-refractivity contribution in [2.45, 2.75) is 46.6 Å². The number of hydrogen-bond acceptors (Lipinski definition) is 3. The van der Waals surface area contributed by atoms with Crippen LogP contribution < -0.4 is 10.2 Å². The molecule has 106 valence electrons. The molecule has 3 heteroatoms. The van der Waals surface area contributed by atoms with Gasteiger partial charge in [0.25, 0.3) is 0 Å². The maximum atomic E-state index is 4.44. The highest BCUT2D eigenvalue weighted by Crippen LogP contribution is 2.38. The highest BCUT2D eigenvalue weighted by atomic mass is 15.2. The number of hydrogen-bond donors (Lipinski definition) is 1. The maximum absolute atomic E-state index is 4.44. The Balaban J connectivity index is 2.06. The molecular weight excluding hydrogens is 234 g/mol. The lowest BCUT2D eigenvalue weighted by Gasteiger charge is -2.27. The SMILES string of the molecule is CCNCc1cc(N2CCC(CC)(CC)C2)ccn1. The third-order valence-corrected chi connectivity index (χ3v) is 4.66. The van der Waals surface area contributed by atoms with Gasteiger partial charge < -0.3 is 10.2 Å². The lowest BCUT2D eigenvalue weighted by atomic mass is 9.82. The van der Waals surface area contributed by atoms with Crippen LogP contribution in [-0.4, -0.2) is 24.6 Å². The third-order valence-electron chi connectivity index (χ3n) is 4.66. The van der Waals surface area contributed by atoms with Crippen molar-refractivity contribution in [3.05, 3.63) is 24.0 Å². The Hall–Kier alpha value is -1.09. The zero-order chi connectivity index (χ0) is 13.7. The second-order valence-corrected chi connectivity index (χ2v) is 5.66. The van der Waals surface area contributed by atoms with E-state index in [0.717, 1.165) is 18.8 Å². The summed E-state index contributed by atoms with van der Waals surface area (Å²) in [6.07, 6.45) is 5.84. The fraction of sp³-hybridized carbons (Fsp3) is 0.688. The molecule has 0 aliphatic carbocycles. The first-order chi connectivity index (χ1) is 9.23. The molecule has 0 amide bonds. The van der Waals surface area contributed by atoms with E-state index in [0.29, 0.717) is 5.41 Å². The zero-order valence-electron chi connectivity index (χ0n) is 12.6. The molecule has 3 nitrogen and oxygen atoms in total. The highest BCUT2D eigenvalue weighted by Gasteiger charge is 2.34. The van der Waals surface area contributed by atoms with Crippen LogP contribution in [0.4, 0.5) is 5.69 Å². The van der Waals surface area contributed by atoms with Crippen LogP contribution in [-0.2, 0) is 6.54 Å². The zero-order valence-corrected chi connectivity index (χ0v) is 12.6. The summed E-state index contributed by atoms with van der Waals surface area (Å²) >= 11 is 0. The van der Waals surface area contributed by atoms with Crippen molar-refractivity contribution in [1.82, 2.24) is 10.3 Å². The second-order valence-electron chi connectivity index (χ2n) is 5.66. The number of anilines is 1. The number of nitrogens with zero attached hydrogens (tertiary/aromatic N) is 2. The molecular formula is C16H27N3. The Kier molecular flexibility index (Phi) is 4.81. The van der Waals surface area contributed by atoms with Gasteiger partial charge in [-0.2, -0.15) is 0 Å². The van der Waals surface area contributed by atoms with Crippen molar-refractivity contribution in [3.63, 3.8) is 0 Å². The highest BCUT2D eigenvalue weighted by molar-refractivity contribution is 5.48. The summed E-state index contributed by atoms with van der Waals surface area (Å²) in [7, 11) is 0. The Morgan fingerprint density at radius 2 is 2.11 bits per heavy atom. The minimum atomic E-state index is 0.533. The molecule has 1 saturated heterocycles. The predicted molar refractivity (Wildman–Crippen MR) is 81.5 cm³/mol. The summed E-state index contributed by atoms with van der Waals surface area (Å²) in [4.78, 5) is 6.97. The molecule has 1 aromatic heterocycles. The molecule has 0 spiro atoms. The molecule has 0 unspecified atom stereocenters. The fourth-order valence-corrected chi connectivity index (χ4v) is 2.99. The van der Waals surface area contributed by atoms with Gasteiger partial charge >= 0.3 is 0 Å². The average Bonchev–Trinajstić information content (AvgIpc) is 2.91. The van der Waals surface area contributed by atoms with Crippen LogP contribution >= 0.6 is 0 Å². The normalized spacial score (nSPS) is 17.9. The van der Waals surface area contributed by atoms with Crippen LogP contribution in [0.2, 0.25) is 0 Å². The van der Waals surface area contributed by atoms with Gasteiger partial charge in [0, 0.05) is 31.5 Å². The Labute approximate surface area is 117 Å². The van der Waals surface area contributed by atoms with E-state index in [1.165, 1.54) is 38.0 Å². The van der Waals surface area contributed by atoms with E-state index in [-0.39, 0.29) is 0 Å². The molecule has 2 rings (SSSR count). The number of pyridine rings is 1. The van der Waals surface area contributed by atoms with Gasteiger partial charge in [0.2, 0.25) is 0 Å². The van der Waals surface area contributed by atoms with E-state index in [2.05, 4.69) is 48.1 Å². The fourth-order valence-electron chi connectivity index (χ4n) is 2.99. The summed E-state index contributed by atoms with van der Waals surface area (Å²) in [6.45, 7) is 11.0. The van der Waals surface area contributed by atoms with Crippen LogP contribution in [0.15, 0.2) is 18.3 Å². The van der Waals surface area contributed by atoms with Gasteiger partial charge in [-0.05, 0) is 43.4 Å². The summed E-state index contributed by atoms with van der Waals surface area (Å²) < 4.78 is 0. The number of rotatable bonds is 6. The van der Waals surface area contributed by atoms with Gasteiger partial charge in [-0.3, -0.25) is 4.98 Å². The molecule has 19 heavy (non-hydrogen) atoms. The van der Waals surface area contributed by atoms with Crippen molar-refractivity contribution >= 4 is 5.69 Å². The van der Waals surface area contributed by atoms with Crippen molar-refractivity contribution in [2.75, 3.05) is 24.5 Å². The lowest BCUT2D eigenvalue weighted by Crippen LogP contribution is -2.26. The van der Waals surface area contributed by atoms with E-state index in [1.807, 2.05) is 6.20 Å². The second kappa shape index (κ2) is 6.38. The van der Waals surface area contributed by atoms with Gasteiger partial charge in [0.1, 0.15) is 0 Å². The first-order valence-electron chi connectivity index (χ1n) is 7.63. The minimum absolute atomic E-state index is 0.533. The molecule has 1 aromatic rings. The molecule has 1 N–H and O–H groups in total. The monoisotopic (exact) mass is 261 g/mol. The largest absolute Gasteiger partial charge is 0.371 e. The van der Waals surface area contributed by atoms with Crippen molar-refractivity contribution in [1.29, 1.82) is 0 Å². The quantitative estimate of drug-likeness (QED) is 0.852. The van der Waals surface area contributed by atoms with E-state index in [4.69, 9.17) is 0 Å². The molecule has 0 bridgehead atoms. The molecule has 0 atom stereocenters.